The predicted octanol–water partition coefficient (Wildman–Crippen LogP) is 4.83. The highest BCUT2D eigenvalue weighted by Gasteiger charge is 2.28. The number of hydrogen-bond donors (Lipinski definition) is 0. The van der Waals surface area contributed by atoms with Crippen LogP contribution in [0.4, 0.5) is 5.82 Å². The lowest BCUT2D eigenvalue weighted by atomic mass is 10.0. The van der Waals surface area contributed by atoms with Crippen LogP contribution in [0.3, 0.4) is 0 Å². The third-order valence-corrected chi connectivity index (χ3v) is 6.14. The van der Waals surface area contributed by atoms with Gasteiger partial charge in [0.05, 0.1) is 23.1 Å². The molecule has 3 aromatic rings. The number of carbonyl (C=O) groups is 1. The first-order valence-corrected chi connectivity index (χ1v) is 11.9. The Morgan fingerprint density at radius 3 is 2.36 bits per heavy atom. The number of benzene rings is 1. The van der Waals surface area contributed by atoms with E-state index in [9.17, 15) is 4.79 Å². The number of carbonyl (C=O) groups excluding carboxylic acids is 1. The van der Waals surface area contributed by atoms with Crippen molar-refractivity contribution >= 4 is 23.3 Å². The summed E-state index contributed by atoms with van der Waals surface area (Å²) in [5, 5.41) is 5.19. The van der Waals surface area contributed by atoms with Gasteiger partial charge in [-0.1, -0.05) is 45.4 Å². The summed E-state index contributed by atoms with van der Waals surface area (Å²) >= 11 is 6.19. The zero-order valence-corrected chi connectivity index (χ0v) is 20.7. The van der Waals surface area contributed by atoms with Crippen LogP contribution < -0.4 is 4.90 Å². The fraction of sp³-hybridized carbons (Fsp3) is 0.440. The second-order valence-corrected chi connectivity index (χ2v) is 9.59. The second kappa shape index (κ2) is 9.51. The Hall–Kier alpha value is -2.93. The van der Waals surface area contributed by atoms with Crippen LogP contribution in [-0.2, 0) is 0 Å². The molecule has 174 valence electrons. The Kier molecular flexibility index (Phi) is 6.70. The van der Waals surface area contributed by atoms with Gasteiger partial charge in [-0.3, -0.25) is 4.79 Å². The molecule has 0 spiro atoms. The fourth-order valence-corrected chi connectivity index (χ4v) is 4.38. The minimum absolute atomic E-state index is 0.0216. The van der Waals surface area contributed by atoms with E-state index < -0.39 is 0 Å². The average molecular weight is 467 g/mol. The molecular formula is C25H31ClN6O. The molecule has 8 heteroatoms. The Morgan fingerprint density at radius 2 is 1.73 bits per heavy atom. The van der Waals surface area contributed by atoms with E-state index in [-0.39, 0.29) is 17.7 Å². The van der Waals surface area contributed by atoms with E-state index in [1.807, 2.05) is 46.8 Å². The predicted molar refractivity (Wildman–Crippen MR) is 132 cm³/mol. The third-order valence-electron chi connectivity index (χ3n) is 5.90. The van der Waals surface area contributed by atoms with Crippen molar-refractivity contribution in [2.75, 3.05) is 31.1 Å². The Morgan fingerprint density at radius 1 is 1.00 bits per heavy atom. The van der Waals surface area contributed by atoms with Gasteiger partial charge in [0.1, 0.15) is 11.6 Å². The normalized spacial score (nSPS) is 14.4. The molecule has 0 radical (unpaired) electrons. The smallest absolute Gasteiger partial charge is 0.257 e. The molecule has 1 amide bonds. The third kappa shape index (κ3) is 4.88. The van der Waals surface area contributed by atoms with Crippen molar-refractivity contribution < 1.29 is 4.79 Å². The first-order chi connectivity index (χ1) is 15.7. The fourth-order valence-electron chi connectivity index (χ4n) is 4.20. The number of amides is 1. The van der Waals surface area contributed by atoms with Gasteiger partial charge < -0.3 is 9.80 Å². The highest BCUT2D eigenvalue weighted by molar-refractivity contribution is 6.30. The standard InChI is InChI=1S/C25H31ClN6O/c1-16(2)23-21(15-27-32(23)20-8-6-7-19(26)14-20)25(33)31-11-9-30(10-12-31)22-13-18(5)28-24(29-22)17(3)4/h6-8,13-17H,9-12H2,1-5H3. The molecule has 1 aliphatic rings. The summed E-state index contributed by atoms with van der Waals surface area (Å²) in [6, 6.07) is 9.56. The summed E-state index contributed by atoms with van der Waals surface area (Å²) < 4.78 is 1.83. The summed E-state index contributed by atoms with van der Waals surface area (Å²) in [6.45, 7) is 13.1. The van der Waals surface area contributed by atoms with E-state index in [0.29, 0.717) is 23.7 Å². The van der Waals surface area contributed by atoms with Crippen molar-refractivity contribution in [3.05, 3.63) is 64.3 Å². The lowest BCUT2D eigenvalue weighted by Crippen LogP contribution is -2.49. The lowest BCUT2D eigenvalue weighted by Gasteiger charge is -2.35. The van der Waals surface area contributed by atoms with Crippen molar-refractivity contribution in [2.45, 2.75) is 46.5 Å². The molecule has 0 aliphatic carbocycles. The van der Waals surface area contributed by atoms with Gasteiger partial charge in [-0.05, 0) is 31.0 Å². The van der Waals surface area contributed by atoms with Crippen LogP contribution in [-0.4, -0.2) is 56.7 Å². The van der Waals surface area contributed by atoms with Gasteiger partial charge in [-0.15, -0.1) is 0 Å². The number of aryl methyl sites for hydroxylation is 1. The van der Waals surface area contributed by atoms with E-state index in [1.165, 1.54) is 0 Å². The molecule has 0 N–H and O–H groups in total. The SMILES string of the molecule is Cc1cc(N2CCN(C(=O)c3cnn(-c4cccc(Cl)c4)c3C(C)C)CC2)nc(C(C)C)n1. The Balaban J connectivity index is 1.53. The Bertz CT molecular complexity index is 1150. The second-order valence-electron chi connectivity index (χ2n) is 9.15. The summed E-state index contributed by atoms with van der Waals surface area (Å²) in [4.78, 5) is 26.9. The monoisotopic (exact) mass is 466 g/mol. The average Bonchev–Trinajstić information content (AvgIpc) is 3.24. The minimum Gasteiger partial charge on any atom is -0.353 e. The van der Waals surface area contributed by atoms with Crippen molar-refractivity contribution in [3.63, 3.8) is 0 Å². The van der Waals surface area contributed by atoms with E-state index in [0.717, 1.165) is 41.8 Å². The molecule has 0 atom stereocenters. The molecule has 1 aliphatic heterocycles. The van der Waals surface area contributed by atoms with Gasteiger partial charge in [0.15, 0.2) is 0 Å². The lowest BCUT2D eigenvalue weighted by molar-refractivity contribution is 0.0745. The zero-order chi connectivity index (χ0) is 23.7. The van der Waals surface area contributed by atoms with Gasteiger partial charge in [-0.2, -0.15) is 5.10 Å². The van der Waals surface area contributed by atoms with Crippen LogP contribution in [0.25, 0.3) is 5.69 Å². The van der Waals surface area contributed by atoms with Crippen molar-refractivity contribution in [2.24, 2.45) is 0 Å². The highest BCUT2D eigenvalue weighted by atomic mass is 35.5. The largest absolute Gasteiger partial charge is 0.353 e. The first-order valence-electron chi connectivity index (χ1n) is 11.5. The number of hydrogen-bond acceptors (Lipinski definition) is 5. The molecular weight excluding hydrogens is 436 g/mol. The van der Waals surface area contributed by atoms with Crippen LogP contribution in [0.2, 0.25) is 5.02 Å². The molecule has 7 nitrogen and oxygen atoms in total. The number of halogens is 1. The minimum atomic E-state index is 0.0216. The molecule has 3 heterocycles. The summed E-state index contributed by atoms with van der Waals surface area (Å²) in [5.74, 6) is 2.23. The molecule has 1 fully saturated rings. The molecule has 0 bridgehead atoms. The molecule has 2 aromatic heterocycles. The quantitative estimate of drug-likeness (QED) is 0.538. The van der Waals surface area contributed by atoms with Gasteiger partial charge in [0, 0.05) is 48.9 Å². The molecule has 0 unspecified atom stereocenters. The molecule has 0 saturated carbocycles. The van der Waals surface area contributed by atoms with Crippen LogP contribution in [0.1, 0.15) is 67.1 Å². The molecule has 33 heavy (non-hydrogen) atoms. The van der Waals surface area contributed by atoms with Gasteiger partial charge in [0.2, 0.25) is 0 Å². The maximum Gasteiger partial charge on any atom is 0.257 e. The van der Waals surface area contributed by atoms with Crippen LogP contribution >= 0.6 is 11.6 Å². The number of piperazine rings is 1. The van der Waals surface area contributed by atoms with E-state index in [2.05, 4.69) is 42.7 Å². The maximum atomic E-state index is 13.5. The van der Waals surface area contributed by atoms with E-state index >= 15 is 0 Å². The number of aromatic nitrogens is 4. The van der Waals surface area contributed by atoms with Crippen molar-refractivity contribution in [1.29, 1.82) is 0 Å². The first kappa shape index (κ1) is 23.2. The Labute approximate surface area is 200 Å². The summed E-state index contributed by atoms with van der Waals surface area (Å²) in [5.41, 5.74) is 3.38. The summed E-state index contributed by atoms with van der Waals surface area (Å²) in [7, 11) is 0. The van der Waals surface area contributed by atoms with Crippen molar-refractivity contribution in [1.82, 2.24) is 24.6 Å². The number of nitrogens with zero attached hydrogens (tertiary/aromatic N) is 6. The zero-order valence-electron chi connectivity index (χ0n) is 19.9. The molecule has 4 rings (SSSR count). The van der Waals surface area contributed by atoms with Gasteiger partial charge in [0.25, 0.3) is 5.91 Å². The van der Waals surface area contributed by atoms with E-state index in [1.54, 1.807) is 6.20 Å². The van der Waals surface area contributed by atoms with Crippen LogP contribution in [0.15, 0.2) is 36.5 Å². The molecule has 1 saturated heterocycles. The van der Waals surface area contributed by atoms with Gasteiger partial charge >= 0.3 is 0 Å². The van der Waals surface area contributed by atoms with Crippen LogP contribution in [0.5, 0.6) is 0 Å². The number of anilines is 1. The van der Waals surface area contributed by atoms with Crippen molar-refractivity contribution in [3.8, 4) is 5.69 Å². The highest BCUT2D eigenvalue weighted by Crippen LogP contribution is 2.26. The van der Waals surface area contributed by atoms with Gasteiger partial charge in [-0.25, -0.2) is 14.6 Å². The maximum absolute atomic E-state index is 13.5. The molecule has 1 aromatic carbocycles. The summed E-state index contributed by atoms with van der Waals surface area (Å²) in [6.07, 6.45) is 1.69. The number of rotatable bonds is 5. The van der Waals surface area contributed by atoms with E-state index in [4.69, 9.17) is 16.6 Å². The van der Waals surface area contributed by atoms with Crippen LogP contribution in [0, 0.1) is 6.92 Å². The topological polar surface area (TPSA) is 67.2 Å².